The van der Waals surface area contributed by atoms with Gasteiger partial charge in [0.15, 0.2) is 0 Å². The zero-order valence-corrected chi connectivity index (χ0v) is 11.2. The van der Waals surface area contributed by atoms with Crippen LogP contribution in [0.1, 0.15) is 18.4 Å². The summed E-state index contributed by atoms with van der Waals surface area (Å²) in [5, 5.41) is 15.2. The molecule has 2 aliphatic heterocycles. The summed E-state index contributed by atoms with van der Waals surface area (Å²) in [6.07, 6.45) is 3.18. The van der Waals surface area contributed by atoms with Crippen molar-refractivity contribution in [2.24, 2.45) is 0 Å². The van der Waals surface area contributed by atoms with Gasteiger partial charge in [0, 0.05) is 32.4 Å². The number of amides is 1. The van der Waals surface area contributed by atoms with Crippen LogP contribution in [0.15, 0.2) is 18.3 Å². The average molecular weight is 271 g/mol. The predicted octanol–water partition coefficient (Wildman–Crippen LogP) is 0.0117. The monoisotopic (exact) mass is 271 g/mol. The lowest BCUT2D eigenvalue weighted by atomic mass is 9.85. The van der Waals surface area contributed by atoms with Crippen LogP contribution in [0.25, 0.3) is 0 Å². The summed E-state index contributed by atoms with van der Waals surface area (Å²) < 4.78 is 0. The largest absolute Gasteiger partial charge is 0.356 e. The maximum atomic E-state index is 12.1. The quantitative estimate of drug-likeness (QED) is 0.752. The smallest absolute Gasteiger partial charge is 0.240 e. The molecule has 104 valence electrons. The van der Waals surface area contributed by atoms with Crippen molar-refractivity contribution in [3.63, 3.8) is 0 Å². The standard InChI is InChI=1S/C14H17N5O/c15-10-11-1-4-16-12(9-11)19-7-2-14(3-8-19)13(20)17-5-6-18-14/h1,4,9,18H,2-3,5-8H2,(H,17,20). The molecule has 0 saturated carbocycles. The second kappa shape index (κ2) is 5.10. The van der Waals surface area contributed by atoms with Gasteiger partial charge in [-0.1, -0.05) is 0 Å². The number of aromatic nitrogens is 1. The van der Waals surface area contributed by atoms with Gasteiger partial charge in [0.05, 0.1) is 11.6 Å². The van der Waals surface area contributed by atoms with Crippen molar-refractivity contribution in [2.75, 3.05) is 31.1 Å². The minimum absolute atomic E-state index is 0.113. The number of nitrogens with one attached hydrogen (secondary N) is 2. The van der Waals surface area contributed by atoms with Crippen molar-refractivity contribution >= 4 is 11.7 Å². The normalized spacial score (nSPS) is 21.4. The van der Waals surface area contributed by atoms with Gasteiger partial charge < -0.3 is 15.5 Å². The molecule has 0 unspecified atom stereocenters. The van der Waals surface area contributed by atoms with E-state index in [2.05, 4.69) is 26.6 Å². The minimum Gasteiger partial charge on any atom is -0.356 e. The number of hydrogen-bond acceptors (Lipinski definition) is 5. The van der Waals surface area contributed by atoms with E-state index in [1.807, 2.05) is 0 Å². The third-order valence-corrected chi connectivity index (χ3v) is 4.12. The molecule has 6 nitrogen and oxygen atoms in total. The number of pyridine rings is 1. The van der Waals surface area contributed by atoms with Gasteiger partial charge in [0.2, 0.25) is 5.91 Å². The van der Waals surface area contributed by atoms with E-state index in [1.54, 1.807) is 18.3 Å². The highest BCUT2D eigenvalue weighted by Crippen LogP contribution is 2.26. The molecule has 1 spiro atoms. The van der Waals surface area contributed by atoms with Gasteiger partial charge in [-0.25, -0.2) is 4.98 Å². The van der Waals surface area contributed by atoms with E-state index in [-0.39, 0.29) is 5.91 Å². The Morgan fingerprint density at radius 2 is 2.15 bits per heavy atom. The van der Waals surface area contributed by atoms with Gasteiger partial charge in [-0.3, -0.25) is 4.79 Å². The minimum atomic E-state index is -0.415. The van der Waals surface area contributed by atoms with Crippen LogP contribution in [0.3, 0.4) is 0 Å². The highest BCUT2D eigenvalue weighted by molar-refractivity contribution is 5.87. The molecule has 2 saturated heterocycles. The Balaban J connectivity index is 1.72. The van der Waals surface area contributed by atoms with Gasteiger partial charge >= 0.3 is 0 Å². The van der Waals surface area contributed by atoms with E-state index in [4.69, 9.17) is 5.26 Å². The Hall–Kier alpha value is -2.13. The van der Waals surface area contributed by atoms with Crippen molar-refractivity contribution in [3.05, 3.63) is 23.9 Å². The molecule has 2 N–H and O–H groups in total. The van der Waals surface area contributed by atoms with Gasteiger partial charge in [-0.15, -0.1) is 0 Å². The van der Waals surface area contributed by atoms with Crippen LogP contribution in [0.2, 0.25) is 0 Å². The highest BCUT2D eigenvalue weighted by Gasteiger charge is 2.42. The van der Waals surface area contributed by atoms with Crippen molar-refractivity contribution in [1.82, 2.24) is 15.6 Å². The number of carbonyl (C=O) groups excluding carboxylic acids is 1. The van der Waals surface area contributed by atoms with Crippen LogP contribution < -0.4 is 15.5 Å². The van der Waals surface area contributed by atoms with E-state index in [9.17, 15) is 4.79 Å². The number of piperazine rings is 1. The second-order valence-corrected chi connectivity index (χ2v) is 5.27. The first-order valence-electron chi connectivity index (χ1n) is 6.88. The molecule has 0 aromatic carbocycles. The lowest BCUT2D eigenvalue weighted by Gasteiger charge is -2.43. The first-order valence-corrected chi connectivity index (χ1v) is 6.88. The molecule has 1 amide bonds. The third kappa shape index (κ3) is 2.21. The Morgan fingerprint density at radius 3 is 2.85 bits per heavy atom. The molecule has 1 aromatic rings. The molecular weight excluding hydrogens is 254 g/mol. The van der Waals surface area contributed by atoms with Crippen LogP contribution >= 0.6 is 0 Å². The van der Waals surface area contributed by atoms with E-state index in [1.165, 1.54) is 0 Å². The summed E-state index contributed by atoms with van der Waals surface area (Å²) in [6, 6.07) is 5.62. The van der Waals surface area contributed by atoms with Crippen LogP contribution in [-0.2, 0) is 4.79 Å². The summed E-state index contributed by atoms with van der Waals surface area (Å²) >= 11 is 0. The molecule has 20 heavy (non-hydrogen) atoms. The molecule has 6 heteroatoms. The molecule has 0 bridgehead atoms. The third-order valence-electron chi connectivity index (χ3n) is 4.12. The molecule has 0 radical (unpaired) electrons. The number of piperidine rings is 1. The number of carbonyl (C=O) groups is 1. The lowest BCUT2D eigenvalue weighted by molar-refractivity contribution is -0.130. The van der Waals surface area contributed by atoms with Crippen molar-refractivity contribution in [1.29, 1.82) is 5.26 Å². The van der Waals surface area contributed by atoms with E-state index >= 15 is 0 Å². The van der Waals surface area contributed by atoms with Gasteiger partial charge in [-0.05, 0) is 25.0 Å². The molecular formula is C14H17N5O. The summed E-state index contributed by atoms with van der Waals surface area (Å²) in [6.45, 7) is 3.06. The molecule has 3 rings (SSSR count). The topological polar surface area (TPSA) is 81.1 Å². The van der Waals surface area contributed by atoms with Gasteiger partial charge in [0.25, 0.3) is 0 Å². The Kier molecular flexibility index (Phi) is 3.28. The maximum Gasteiger partial charge on any atom is 0.240 e. The molecule has 3 heterocycles. The van der Waals surface area contributed by atoms with Crippen LogP contribution in [0.5, 0.6) is 0 Å². The Labute approximate surface area is 117 Å². The SMILES string of the molecule is N#Cc1ccnc(N2CCC3(CC2)NCCNC3=O)c1. The van der Waals surface area contributed by atoms with Gasteiger partial charge in [0.1, 0.15) is 11.4 Å². The zero-order chi connectivity index (χ0) is 14.0. The summed E-state index contributed by atoms with van der Waals surface area (Å²) in [5.41, 5.74) is 0.200. The molecule has 2 aliphatic rings. The summed E-state index contributed by atoms with van der Waals surface area (Å²) in [5.74, 6) is 0.928. The fourth-order valence-corrected chi connectivity index (χ4v) is 2.91. The number of nitriles is 1. The van der Waals surface area contributed by atoms with E-state index < -0.39 is 5.54 Å². The van der Waals surface area contributed by atoms with Crippen molar-refractivity contribution < 1.29 is 4.79 Å². The average Bonchev–Trinajstić information content (AvgIpc) is 2.51. The number of hydrogen-bond donors (Lipinski definition) is 2. The van der Waals surface area contributed by atoms with E-state index in [0.717, 1.165) is 38.3 Å². The predicted molar refractivity (Wildman–Crippen MR) is 74.1 cm³/mol. The van der Waals surface area contributed by atoms with Crippen LogP contribution in [-0.4, -0.2) is 42.6 Å². The van der Waals surface area contributed by atoms with Crippen molar-refractivity contribution in [3.8, 4) is 6.07 Å². The first kappa shape index (κ1) is 12.9. The summed E-state index contributed by atoms with van der Waals surface area (Å²) in [7, 11) is 0. The van der Waals surface area contributed by atoms with E-state index in [0.29, 0.717) is 12.1 Å². The molecule has 1 aromatic heterocycles. The fourth-order valence-electron chi connectivity index (χ4n) is 2.91. The maximum absolute atomic E-state index is 12.1. The lowest BCUT2D eigenvalue weighted by Crippen LogP contribution is -2.66. The number of rotatable bonds is 1. The summed E-state index contributed by atoms with van der Waals surface area (Å²) in [4.78, 5) is 18.5. The molecule has 0 aliphatic carbocycles. The van der Waals surface area contributed by atoms with Crippen LogP contribution in [0.4, 0.5) is 5.82 Å². The zero-order valence-electron chi connectivity index (χ0n) is 11.2. The fraction of sp³-hybridized carbons (Fsp3) is 0.500. The highest BCUT2D eigenvalue weighted by atomic mass is 16.2. The van der Waals surface area contributed by atoms with Crippen LogP contribution in [0, 0.1) is 11.3 Å². The Morgan fingerprint density at radius 1 is 1.35 bits per heavy atom. The first-order chi connectivity index (χ1) is 9.73. The van der Waals surface area contributed by atoms with Gasteiger partial charge in [-0.2, -0.15) is 5.26 Å². The Bertz CT molecular complexity index is 557. The number of anilines is 1. The van der Waals surface area contributed by atoms with Crippen molar-refractivity contribution in [2.45, 2.75) is 18.4 Å². The second-order valence-electron chi connectivity index (χ2n) is 5.27. The number of nitrogens with zero attached hydrogens (tertiary/aromatic N) is 3. The molecule has 0 atom stereocenters. The molecule has 2 fully saturated rings.